The van der Waals surface area contributed by atoms with Crippen LogP contribution in [0, 0.1) is 12.7 Å². The molecule has 0 unspecified atom stereocenters. The monoisotopic (exact) mass is 523 g/mol. The number of aromatic nitrogens is 3. The highest BCUT2D eigenvalue weighted by Crippen LogP contribution is 2.36. The molecule has 0 aliphatic rings. The van der Waals surface area contributed by atoms with Crippen LogP contribution in [0.2, 0.25) is 0 Å². The van der Waals surface area contributed by atoms with Gasteiger partial charge in [-0.3, -0.25) is 0 Å². The Morgan fingerprint density at radius 1 is 1.11 bits per heavy atom. The van der Waals surface area contributed by atoms with Crippen LogP contribution in [0.1, 0.15) is 11.3 Å². The molecule has 0 atom stereocenters. The fraction of sp³-hybridized carbons (Fsp3) is 0.217. The van der Waals surface area contributed by atoms with Crippen LogP contribution in [-0.2, 0) is 22.7 Å². The summed E-state index contributed by atoms with van der Waals surface area (Å²) >= 11 is 0. The Morgan fingerprint density at radius 3 is 2.53 bits per heavy atom. The minimum Gasteiger partial charge on any atom is -0.496 e. The third kappa shape index (κ3) is 4.97. The summed E-state index contributed by atoms with van der Waals surface area (Å²) in [4.78, 5) is 7.05. The maximum Gasteiger partial charge on any atom is 0.417 e. The number of nitrogens with one attached hydrogen (secondary N) is 1. The van der Waals surface area contributed by atoms with Crippen LogP contribution in [-0.4, -0.2) is 36.6 Å². The lowest BCUT2D eigenvalue weighted by Gasteiger charge is -2.14. The summed E-state index contributed by atoms with van der Waals surface area (Å²) in [5.74, 6) is 0.469. The van der Waals surface area contributed by atoms with Crippen LogP contribution < -0.4 is 15.2 Å². The molecule has 8 nitrogen and oxygen atoms in total. The van der Waals surface area contributed by atoms with Gasteiger partial charge in [-0.25, -0.2) is 27.9 Å². The van der Waals surface area contributed by atoms with Crippen molar-refractivity contribution in [2.24, 2.45) is 5.14 Å². The molecular weight excluding hydrogens is 502 g/mol. The van der Waals surface area contributed by atoms with Gasteiger partial charge in [0.2, 0.25) is 10.0 Å². The zero-order chi connectivity index (χ0) is 26.3. The van der Waals surface area contributed by atoms with Gasteiger partial charge in [-0.2, -0.15) is 13.2 Å². The zero-order valence-electron chi connectivity index (χ0n) is 19.1. The summed E-state index contributed by atoms with van der Waals surface area (Å²) in [7, 11) is -3.08. The van der Waals surface area contributed by atoms with E-state index >= 15 is 0 Å². The normalized spacial score (nSPS) is 12.2. The van der Waals surface area contributed by atoms with Gasteiger partial charge in [-0.15, -0.1) is 0 Å². The SMILES string of the molecule is COc1ccc(F)c2c1cc(C)n2CCNc1cc(-c2ccc(S(N)(=O)=O)c(C(F)(F)F)c2)ncn1. The van der Waals surface area contributed by atoms with Gasteiger partial charge in [-0.1, -0.05) is 6.07 Å². The summed E-state index contributed by atoms with van der Waals surface area (Å²) in [5, 5.41) is 8.63. The van der Waals surface area contributed by atoms with Crippen molar-refractivity contribution in [3.8, 4) is 17.0 Å². The first-order valence-corrected chi connectivity index (χ1v) is 12.1. The highest BCUT2D eigenvalue weighted by atomic mass is 32.2. The van der Waals surface area contributed by atoms with Crippen LogP contribution in [0.4, 0.5) is 23.4 Å². The van der Waals surface area contributed by atoms with Gasteiger partial charge in [0.25, 0.3) is 0 Å². The number of primary sulfonamides is 1. The predicted molar refractivity (Wildman–Crippen MR) is 126 cm³/mol. The Balaban J connectivity index is 1.58. The molecule has 0 saturated heterocycles. The second kappa shape index (κ2) is 9.39. The number of nitrogens with two attached hydrogens (primary N) is 1. The van der Waals surface area contributed by atoms with Gasteiger partial charge >= 0.3 is 6.18 Å². The fourth-order valence-electron chi connectivity index (χ4n) is 3.97. The van der Waals surface area contributed by atoms with E-state index in [2.05, 4.69) is 15.3 Å². The molecule has 2 aromatic carbocycles. The van der Waals surface area contributed by atoms with Crippen LogP contribution in [0.3, 0.4) is 0 Å². The molecule has 0 aliphatic heterocycles. The molecule has 4 aromatic rings. The first-order valence-electron chi connectivity index (χ1n) is 10.5. The predicted octanol–water partition coefficient (Wildman–Crippen LogP) is 4.33. The molecule has 2 aromatic heterocycles. The van der Waals surface area contributed by atoms with E-state index < -0.39 is 32.5 Å². The molecule has 0 saturated carbocycles. The van der Waals surface area contributed by atoms with E-state index in [4.69, 9.17) is 9.88 Å². The fourth-order valence-corrected chi connectivity index (χ4v) is 4.71. The number of hydrogen-bond acceptors (Lipinski definition) is 6. The second-order valence-corrected chi connectivity index (χ2v) is 9.45. The molecule has 0 aliphatic carbocycles. The number of aryl methyl sites for hydroxylation is 1. The Morgan fingerprint density at radius 2 is 1.86 bits per heavy atom. The number of sulfonamides is 1. The lowest BCUT2D eigenvalue weighted by Crippen LogP contribution is -2.19. The Hall–Kier alpha value is -3.71. The molecule has 190 valence electrons. The maximum absolute atomic E-state index is 14.5. The number of ether oxygens (including phenoxy) is 1. The van der Waals surface area contributed by atoms with E-state index in [1.807, 2.05) is 13.0 Å². The van der Waals surface area contributed by atoms with E-state index in [0.717, 1.165) is 11.8 Å². The largest absolute Gasteiger partial charge is 0.496 e. The van der Waals surface area contributed by atoms with E-state index in [9.17, 15) is 26.0 Å². The van der Waals surface area contributed by atoms with Gasteiger partial charge < -0.3 is 14.6 Å². The number of hydrogen-bond donors (Lipinski definition) is 2. The molecule has 36 heavy (non-hydrogen) atoms. The molecule has 4 rings (SSSR count). The number of fused-ring (bicyclic) bond motifs is 1. The van der Waals surface area contributed by atoms with Crippen molar-refractivity contribution in [1.82, 2.24) is 14.5 Å². The highest BCUT2D eigenvalue weighted by molar-refractivity contribution is 7.89. The van der Waals surface area contributed by atoms with Crippen LogP contribution in [0.25, 0.3) is 22.2 Å². The molecule has 0 fully saturated rings. The molecule has 13 heteroatoms. The van der Waals surface area contributed by atoms with Gasteiger partial charge in [0.05, 0.1) is 28.8 Å². The smallest absolute Gasteiger partial charge is 0.417 e. The first kappa shape index (κ1) is 25.4. The molecule has 2 heterocycles. The van der Waals surface area contributed by atoms with Crippen molar-refractivity contribution in [3.63, 3.8) is 0 Å². The van der Waals surface area contributed by atoms with Crippen molar-refractivity contribution < 1.29 is 30.7 Å². The van der Waals surface area contributed by atoms with Crippen LogP contribution in [0.15, 0.2) is 53.7 Å². The second-order valence-electron chi connectivity index (χ2n) is 7.92. The van der Waals surface area contributed by atoms with E-state index in [0.29, 0.717) is 41.6 Å². The quantitative estimate of drug-likeness (QED) is 0.349. The van der Waals surface area contributed by atoms with Crippen molar-refractivity contribution in [1.29, 1.82) is 0 Å². The van der Waals surface area contributed by atoms with Gasteiger partial charge in [0, 0.05) is 35.8 Å². The van der Waals surface area contributed by atoms with E-state index in [-0.39, 0.29) is 11.3 Å². The zero-order valence-corrected chi connectivity index (χ0v) is 19.9. The average molecular weight is 524 g/mol. The van der Waals surface area contributed by atoms with Crippen molar-refractivity contribution >= 4 is 26.7 Å². The number of rotatable bonds is 7. The summed E-state index contributed by atoms with van der Waals surface area (Å²) in [6.45, 7) is 2.51. The summed E-state index contributed by atoms with van der Waals surface area (Å²) in [6, 6.07) is 8.80. The Bertz CT molecular complexity index is 1550. The molecule has 0 bridgehead atoms. The number of benzene rings is 2. The van der Waals surface area contributed by atoms with E-state index in [1.54, 1.807) is 10.6 Å². The van der Waals surface area contributed by atoms with Crippen molar-refractivity contribution in [2.45, 2.75) is 24.5 Å². The third-order valence-electron chi connectivity index (χ3n) is 5.59. The maximum atomic E-state index is 14.5. The van der Waals surface area contributed by atoms with Gasteiger partial charge in [0.15, 0.2) is 0 Å². The Kier molecular flexibility index (Phi) is 6.62. The third-order valence-corrected chi connectivity index (χ3v) is 6.56. The minimum absolute atomic E-state index is 0.0292. The lowest BCUT2D eigenvalue weighted by molar-refractivity contribution is -0.139. The Labute approximate surface area is 203 Å². The minimum atomic E-state index is -4.94. The first-order chi connectivity index (χ1) is 16.9. The number of nitrogens with zero attached hydrogens (tertiary/aromatic N) is 3. The van der Waals surface area contributed by atoms with Crippen LogP contribution in [0.5, 0.6) is 5.75 Å². The number of methoxy groups -OCH3 is 1. The number of anilines is 1. The highest BCUT2D eigenvalue weighted by Gasteiger charge is 2.36. The topological polar surface area (TPSA) is 112 Å². The standard InChI is InChI=1S/C23H21F4N5O3S/c1-13-9-15-19(35-2)5-4-17(24)22(15)32(13)8-7-29-21-11-18(30-12-31-21)14-3-6-20(36(28,33)34)16(10-14)23(25,26)27/h3-6,9-12H,7-8H2,1-2H3,(H2,28,33,34)(H,29,30,31). The van der Waals surface area contributed by atoms with Crippen molar-refractivity contribution in [3.05, 3.63) is 65.9 Å². The summed E-state index contributed by atoms with van der Waals surface area (Å²) < 4.78 is 85.2. The molecule has 3 N–H and O–H groups in total. The molecule has 0 radical (unpaired) electrons. The van der Waals surface area contributed by atoms with Gasteiger partial charge in [-0.05, 0) is 37.3 Å². The molecule has 0 spiro atoms. The van der Waals surface area contributed by atoms with Crippen molar-refractivity contribution in [2.75, 3.05) is 19.0 Å². The summed E-state index contributed by atoms with van der Waals surface area (Å²) in [6.07, 6.45) is -3.78. The lowest BCUT2D eigenvalue weighted by atomic mass is 10.1. The average Bonchev–Trinajstić information content (AvgIpc) is 3.15. The number of halogens is 4. The number of alkyl halides is 3. The van der Waals surface area contributed by atoms with Gasteiger partial charge in [0.1, 0.15) is 23.7 Å². The van der Waals surface area contributed by atoms with Crippen LogP contribution >= 0.6 is 0 Å². The molecular formula is C23H21F4N5O3S. The summed E-state index contributed by atoms with van der Waals surface area (Å²) in [5.41, 5.74) is -0.0122. The molecule has 0 amide bonds. The van der Waals surface area contributed by atoms with E-state index in [1.165, 1.54) is 31.6 Å².